The summed E-state index contributed by atoms with van der Waals surface area (Å²) in [7, 11) is 1.42. The summed E-state index contributed by atoms with van der Waals surface area (Å²) in [5.74, 6) is -1.40. The van der Waals surface area contributed by atoms with E-state index in [0.717, 1.165) is 12.8 Å². The number of carbonyl (C=O) groups is 4. The van der Waals surface area contributed by atoms with Gasteiger partial charge >= 0.3 is 17.8 Å². The van der Waals surface area contributed by atoms with Crippen LogP contribution in [0.15, 0.2) is 96.1 Å². The minimum atomic E-state index is -1.06. The minimum Gasteiger partial charge on any atom is -0.494 e. The Kier molecular flexibility index (Phi) is 12.7. The van der Waals surface area contributed by atoms with E-state index in [-0.39, 0.29) is 22.7 Å². The predicted octanol–water partition coefficient (Wildman–Crippen LogP) is 5.83. The number of amides is 3. The Labute approximate surface area is 278 Å². The van der Waals surface area contributed by atoms with E-state index >= 15 is 0 Å². The van der Waals surface area contributed by atoms with Crippen LogP contribution in [0, 0.1) is 0 Å². The molecule has 0 radical (unpaired) electrons. The number of nitrogens with zero attached hydrogens (tertiary/aromatic N) is 1. The van der Waals surface area contributed by atoms with Gasteiger partial charge in [-0.05, 0) is 97.8 Å². The smallest absolute Gasteiger partial charge is 0.343 e. The van der Waals surface area contributed by atoms with E-state index in [1.165, 1.54) is 31.5 Å². The van der Waals surface area contributed by atoms with Crippen LogP contribution in [-0.2, 0) is 9.59 Å². The Morgan fingerprint density at radius 2 is 1.48 bits per heavy atom. The molecule has 0 unspecified atom stereocenters. The van der Waals surface area contributed by atoms with Crippen molar-refractivity contribution < 1.29 is 38.1 Å². The van der Waals surface area contributed by atoms with E-state index in [4.69, 9.17) is 18.9 Å². The van der Waals surface area contributed by atoms with Gasteiger partial charge in [0.1, 0.15) is 11.5 Å². The summed E-state index contributed by atoms with van der Waals surface area (Å²) in [5.41, 5.74) is 3.78. The van der Waals surface area contributed by atoms with Crippen molar-refractivity contribution in [2.45, 2.75) is 26.7 Å². The number of hydrazone groups is 1. The topological polar surface area (TPSA) is 154 Å². The van der Waals surface area contributed by atoms with Crippen LogP contribution in [-0.4, -0.2) is 50.2 Å². The van der Waals surface area contributed by atoms with Crippen molar-refractivity contribution in [1.29, 1.82) is 0 Å². The Hall–Kier alpha value is -6.17. The first-order valence-corrected chi connectivity index (χ1v) is 15.2. The highest BCUT2D eigenvalue weighted by molar-refractivity contribution is 6.40. The number of carbonyl (C=O) groups excluding carboxylic acids is 4. The third kappa shape index (κ3) is 9.91. The monoisotopic (exact) mass is 652 g/mol. The van der Waals surface area contributed by atoms with Crippen molar-refractivity contribution in [3.8, 4) is 23.0 Å². The lowest BCUT2D eigenvalue weighted by Crippen LogP contribution is -2.33. The van der Waals surface area contributed by atoms with E-state index in [0.29, 0.717) is 41.5 Å². The zero-order chi connectivity index (χ0) is 34.3. The molecule has 0 bridgehead atoms. The van der Waals surface area contributed by atoms with Crippen LogP contribution in [0.3, 0.4) is 0 Å². The quantitative estimate of drug-likeness (QED) is 0.0384. The summed E-state index contributed by atoms with van der Waals surface area (Å²) >= 11 is 0. The first-order chi connectivity index (χ1) is 23.3. The maximum atomic E-state index is 12.9. The van der Waals surface area contributed by atoms with Crippen molar-refractivity contribution in [1.82, 2.24) is 5.43 Å². The number of para-hydroxylation sites is 1. The maximum absolute atomic E-state index is 12.9. The molecule has 4 aromatic rings. The summed E-state index contributed by atoms with van der Waals surface area (Å²) in [5, 5.41) is 9.03. The second-order valence-electron chi connectivity index (χ2n) is 10.1. The number of anilines is 2. The number of hydrogen-bond donors (Lipinski definition) is 3. The van der Waals surface area contributed by atoms with Crippen molar-refractivity contribution in [3.63, 3.8) is 0 Å². The number of unbranched alkanes of at least 4 members (excludes halogenated alkanes) is 1. The van der Waals surface area contributed by atoms with Gasteiger partial charge in [-0.25, -0.2) is 10.2 Å². The highest BCUT2D eigenvalue weighted by Gasteiger charge is 2.18. The zero-order valence-corrected chi connectivity index (χ0v) is 26.8. The van der Waals surface area contributed by atoms with E-state index in [9.17, 15) is 19.2 Å². The fourth-order valence-electron chi connectivity index (χ4n) is 4.21. The van der Waals surface area contributed by atoms with Gasteiger partial charge in [-0.15, -0.1) is 0 Å². The van der Waals surface area contributed by atoms with Crippen molar-refractivity contribution in [2.75, 3.05) is 31.0 Å². The number of hydrogen-bond acceptors (Lipinski definition) is 9. The molecule has 0 aliphatic heterocycles. The minimum absolute atomic E-state index is 0.135. The summed E-state index contributed by atoms with van der Waals surface area (Å²) in [6.07, 6.45) is 3.25. The van der Waals surface area contributed by atoms with Gasteiger partial charge in [0.2, 0.25) is 0 Å². The summed E-state index contributed by atoms with van der Waals surface area (Å²) in [6, 6.07) is 24.4. The van der Waals surface area contributed by atoms with E-state index in [2.05, 4.69) is 28.1 Å². The second-order valence-corrected chi connectivity index (χ2v) is 10.1. The molecule has 0 aromatic heterocycles. The van der Waals surface area contributed by atoms with Crippen LogP contribution >= 0.6 is 0 Å². The zero-order valence-electron chi connectivity index (χ0n) is 26.8. The average molecular weight is 653 g/mol. The van der Waals surface area contributed by atoms with E-state index in [1.807, 2.05) is 6.92 Å². The molecule has 12 nitrogen and oxygen atoms in total. The number of rotatable bonds is 14. The molecule has 0 saturated carbocycles. The molecule has 4 rings (SSSR count). The maximum Gasteiger partial charge on any atom is 0.343 e. The largest absolute Gasteiger partial charge is 0.494 e. The first-order valence-electron chi connectivity index (χ1n) is 15.2. The highest BCUT2D eigenvalue weighted by Crippen LogP contribution is 2.29. The molecular formula is C36H36N4O8. The van der Waals surface area contributed by atoms with Gasteiger partial charge in [0.25, 0.3) is 5.91 Å². The molecular weight excluding hydrogens is 616 g/mol. The standard InChI is InChI=1S/C36H36N4O8/c1-4-6-21-47-28-16-12-25(13-17-28)36(44)48-31-20-11-24(22-32(31)45-3)23-37-40-35(43)34(42)39-30-10-8-7-9-29(30)33(41)38-26-14-18-27(19-15-26)46-5-2/h7-20,22-23H,4-6,21H2,1-3H3,(H,38,41)(H,39,42)(H,40,43). The molecule has 0 spiro atoms. The van der Waals surface area contributed by atoms with Gasteiger partial charge in [-0.3, -0.25) is 14.4 Å². The van der Waals surface area contributed by atoms with E-state index < -0.39 is 23.7 Å². The number of esters is 1. The van der Waals surface area contributed by atoms with Gasteiger partial charge in [0.15, 0.2) is 11.5 Å². The van der Waals surface area contributed by atoms with Crippen LogP contribution in [0.2, 0.25) is 0 Å². The Bertz CT molecular complexity index is 1760. The molecule has 12 heteroatoms. The normalized spacial score (nSPS) is 10.6. The number of ether oxygens (including phenoxy) is 4. The van der Waals surface area contributed by atoms with Crippen LogP contribution in [0.4, 0.5) is 11.4 Å². The molecule has 0 atom stereocenters. The Morgan fingerprint density at radius 1 is 0.771 bits per heavy atom. The number of nitrogens with one attached hydrogen (secondary N) is 3. The number of benzene rings is 4. The third-order valence-electron chi connectivity index (χ3n) is 6.68. The summed E-state index contributed by atoms with van der Waals surface area (Å²) in [4.78, 5) is 50.7. The molecule has 0 saturated heterocycles. The fourth-order valence-corrected chi connectivity index (χ4v) is 4.21. The van der Waals surface area contributed by atoms with Crippen LogP contribution in [0.5, 0.6) is 23.0 Å². The molecule has 0 aliphatic rings. The Morgan fingerprint density at radius 3 is 2.19 bits per heavy atom. The van der Waals surface area contributed by atoms with E-state index in [1.54, 1.807) is 72.8 Å². The van der Waals surface area contributed by atoms with Crippen LogP contribution in [0.1, 0.15) is 53.0 Å². The molecule has 48 heavy (non-hydrogen) atoms. The predicted molar refractivity (Wildman–Crippen MR) is 181 cm³/mol. The lowest BCUT2D eigenvalue weighted by atomic mass is 10.1. The highest BCUT2D eigenvalue weighted by atomic mass is 16.6. The second kappa shape index (κ2) is 17.5. The molecule has 0 fully saturated rings. The SMILES string of the molecule is CCCCOc1ccc(C(=O)Oc2ccc(C=NNC(=O)C(=O)Nc3ccccc3C(=O)Nc3ccc(OCC)cc3)cc2OC)cc1. The van der Waals surface area contributed by atoms with Crippen molar-refractivity contribution in [3.05, 3.63) is 108 Å². The third-order valence-corrected chi connectivity index (χ3v) is 6.68. The lowest BCUT2D eigenvalue weighted by Gasteiger charge is -2.11. The van der Waals surface area contributed by atoms with Gasteiger partial charge < -0.3 is 29.6 Å². The van der Waals surface area contributed by atoms with Crippen molar-refractivity contribution >= 4 is 41.3 Å². The molecule has 248 valence electrons. The first kappa shape index (κ1) is 34.7. The number of methoxy groups -OCH3 is 1. The molecule has 0 heterocycles. The molecule has 0 aliphatic carbocycles. The van der Waals surface area contributed by atoms with Crippen LogP contribution < -0.4 is 35.0 Å². The van der Waals surface area contributed by atoms with Crippen molar-refractivity contribution in [2.24, 2.45) is 5.10 Å². The van der Waals surface area contributed by atoms with Gasteiger partial charge in [-0.1, -0.05) is 25.5 Å². The molecule has 3 amide bonds. The summed E-state index contributed by atoms with van der Waals surface area (Å²) in [6.45, 7) is 5.07. The molecule has 4 aromatic carbocycles. The Balaban J connectivity index is 1.32. The van der Waals surface area contributed by atoms with Crippen LogP contribution in [0.25, 0.3) is 0 Å². The molecule has 3 N–H and O–H groups in total. The average Bonchev–Trinajstić information content (AvgIpc) is 3.10. The summed E-state index contributed by atoms with van der Waals surface area (Å²) < 4.78 is 21.9. The fraction of sp³-hybridized carbons (Fsp3) is 0.194. The van der Waals surface area contributed by atoms with Gasteiger partial charge in [-0.2, -0.15) is 5.10 Å². The lowest BCUT2D eigenvalue weighted by molar-refractivity contribution is -0.136. The van der Waals surface area contributed by atoms with Gasteiger partial charge in [0, 0.05) is 5.69 Å². The van der Waals surface area contributed by atoms with Gasteiger partial charge in [0.05, 0.1) is 43.4 Å².